The third kappa shape index (κ3) is 4.48. The molecule has 136 valence electrons. The zero-order chi connectivity index (χ0) is 19.4. The van der Waals surface area contributed by atoms with Gasteiger partial charge in [-0.25, -0.2) is 9.97 Å². The fourth-order valence-corrected chi connectivity index (χ4v) is 2.88. The highest BCUT2D eigenvalue weighted by molar-refractivity contribution is 6.42. The lowest BCUT2D eigenvalue weighted by Crippen LogP contribution is -2.01. The van der Waals surface area contributed by atoms with Gasteiger partial charge in [-0.2, -0.15) is 0 Å². The second-order valence-electron chi connectivity index (χ2n) is 5.50. The van der Waals surface area contributed by atoms with Crippen molar-refractivity contribution in [1.29, 1.82) is 0 Å². The highest BCUT2D eigenvalue weighted by atomic mass is 35.5. The van der Waals surface area contributed by atoms with Gasteiger partial charge in [0.2, 0.25) is 0 Å². The number of nitrogens with zero attached hydrogens (tertiary/aromatic N) is 3. The Morgan fingerprint density at radius 3 is 2.59 bits per heavy atom. The van der Waals surface area contributed by atoms with Crippen LogP contribution in [-0.2, 0) is 0 Å². The summed E-state index contributed by atoms with van der Waals surface area (Å²) in [4.78, 5) is 13.6. The molecule has 1 aromatic heterocycles. The fraction of sp³-hybridized carbons (Fsp3) is 0.0500. The number of benzene rings is 2. The largest absolute Gasteiger partial charge is 0.340 e. The number of allylic oxidation sites excluding steroid dienone is 2. The molecule has 0 unspecified atom stereocenters. The van der Waals surface area contributed by atoms with Crippen LogP contribution in [0.2, 0.25) is 15.1 Å². The molecule has 1 N–H and O–H groups in total. The van der Waals surface area contributed by atoms with Crippen LogP contribution < -0.4 is 5.32 Å². The Bertz CT molecular complexity index is 1070. The van der Waals surface area contributed by atoms with Crippen LogP contribution in [0.25, 0.3) is 16.6 Å². The summed E-state index contributed by atoms with van der Waals surface area (Å²) in [6.45, 7) is 5.51. The monoisotopic (exact) mass is 416 g/mol. The van der Waals surface area contributed by atoms with Gasteiger partial charge in [0, 0.05) is 22.3 Å². The molecule has 7 heteroatoms. The first-order valence-corrected chi connectivity index (χ1v) is 9.16. The fourth-order valence-electron chi connectivity index (χ4n) is 2.42. The van der Waals surface area contributed by atoms with Crippen LogP contribution in [0.1, 0.15) is 12.7 Å². The average molecular weight is 418 g/mol. The molecule has 0 aliphatic heterocycles. The Kier molecular flexibility index (Phi) is 6.11. The Balaban J connectivity index is 2.15. The molecule has 0 aliphatic carbocycles. The van der Waals surface area contributed by atoms with Crippen molar-refractivity contribution in [3.05, 3.63) is 76.0 Å². The number of hydrogen-bond donors (Lipinski definition) is 1. The normalized spacial score (nSPS) is 11.9. The molecule has 0 saturated heterocycles. The van der Waals surface area contributed by atoms with E-state index in [1.807, 2.05) is 25.1 Å². The minimum atomic E-state index is 0.452. The summed E-state index contributed by atoms with van der Waals surface area (Å²) < 4.78 is 0. The first-order chi connectivity index (χ1) is 13.0. The van der Waals surface area contributed by atoms with Gasteiger partial charge in [0.1, 0.15) is 11.5 Å². The Hall–Kier alpha value is -2.40. The van der Waals surface area contributed by atoms with E-state index in [0.717, 1.165) is 11.1 Å². The maximum Gasteiger partial charge on any atom is 0.180 e. The van der Waals surface area contributed by atoms with Crippen LogP contribution in [0.3, 0.4) is 0 Å². The predicted molar refractivity (Wildman–Crippen MR) is 117 cm³/mol. The first-order valence-electron chi connectivity index (χ1n) is 8.03. The van der Waals surface area contributed by atoms with Gasteiger partial charge in [-0.05, 0) is 43.3 Å². The molecule has 0 amide bonds. The summed E-state index contributed by atoms with van der Waals surface area (Å²) in [6.07, 6.45) is 5.01. The number of nitrogens with one attached hydrogen (secondary N) is 1. The second kappa shape index (κ2) is 8.53. The number of fused-ring (bicyclic) bond motifs is 1. The van der Waals surface area contributed by atoms with Crippen molar-refractivity contribution in [2.75, 3.05) is 5.32 Å². The van der Waals surface area contributed by atoms with E-state index in [1.54, 1.807) is 36.6 Å². The van der Waals surface area contributed by atoms with Crippen LogP contribution in [0, 0.1) is 0 Å². The summed E-state index contributed by atoms with van der Waals surface area (Å²) in [7, 11) is 0. The van der Waals surface area contributed by atoms with E-state index in [4.69, 9.17) is 34.8 Å². The van der Waals surface area contributed by atoms with E-state index in [9.17, 15) is 0 Å². The number of halogens is 3. The molecule has 0 saturated carbocycles. The minimum Gasteiger partial charge on any atom is -0.340 e. The molecule has 0 radical (unpaired) electrons. The number of aliphatic imine (C=N–C) groups is 1. The molecule has 0 fully saturated rings. The van der Waals surface area contributed by atoms with Gasteiger partial charge in [0.15, 0.2) is 5.82 Å². The van der Waals surface area contributed by atoms with Crippen LogP contribution >= 0.6 is 34.8 Å². The lowest BCUT2D eigenvalue weighted by molar-refractivity contribution is 1.15. The van der Waals surface area contributed by atoms with Crippen LogP contribution in [0.15, 0.2) is 60.1 Å². The molecule has 0 aliphatic rings. The smallest absolute Gasteiger partial charge is 0.180 e. The number of anilines is 2. The molecule has 4 nitrogen and oxygen atoms in total. The molecule has 3 rings (SSSR count). The average Bonchev–Trinajstić information content (AvgIpc) is 2.65. The number of rotatable bonds is 5. The summed E-state index contributed by atoms with van der Waals surface area (Å²) >= 11 is 18.3. The molecular weight excluding hydrogens is 403 g/mol. The molecular formula is C20H15Cl3N4. The number of hydrogen-bond acceptors (Lipinski definition) is 4. The van der Waals surface area contributed by atoms with E-state index >= 15 is 0 Å². The quantitative estimate of drug-likeness (QED) is 0.457. The maximum atomic E-state index is 6.15. The molecule has 2 aromatic carbocycles. The van der Waals surface area contributed by atoms with Crippen LogP contribution in [0.5, 0.6) is 0 Å². The van der Waals surface area contributed by atoms with Gasteiger partial charge in [-0.15, -0.1) is 0 Å². The molecule has 27 heavy (non-hydrogen) atoms. The first kappa shape index (κ1) is 19.4. The summed E-state index contributed by atoms with van der Waals surface area (Å²) in [5, 5.41) is 5.61. The topological polar surface area (TPSA) is 50.2 Å². The van der Waals surface area contributed by atoms with E-state index < -0.39 is 0 Å². The Morgan fingerprint density at radius 1 is 1.07 bits per heavy atom. The lowest BCUT2D eigenvalue weighted by Gasteiger charge is -2.12. The van der Waals surface area contributed by atoms with E-state index in [0.29, 0.717) is 37.9 Å². The molecule has 0 atom stereocenters. The zero-order valence-corrected chi connectivity index (χ0v) is 16.6. The Labute approximate surface area is 172 Å². The van der Waals surface area contributed by atoms with E-state index in [2.05, 4.69) is 26.9 Å². The maximum absolute atomic E-state index is 6.15. The molecule has 0 bridgehead atoms. The molecule has 0 spiro atoms. The summed E-state index contributed by atoms with van der Waals surface area (Å²) in [5.74, 6) is 1.08. The third-order valence-electron chi connectivity index (χ3n) is 3.66. The van der Waals surface area contributed by atoms with Crippen molar-refractivity contribution < 1.29 is 0 Å². The van der Waals surface area contributed by atoms with Crippen molar-refractivity contribution in [2.45, 2.75) is 6.92 Å². The SMILES string of the molecule is C=C/C=N\C(=C/C)c1nc(Nc2ccc(Cl)c(Cl)c2)c2ccc(Cl)cc2n1. The van der Waals surface area contributed by atoms with E-state index in [-0.39, 0.29) is 0 Å². The zero-order valence-electron chi connectivity index (χ0n) is 14.4. The van der Waals surface area contributed by atoms with Crippen molar-refractivity contribution >= 4 is 69.1 Å². The minimum absolute atomic E-state index is 0.452. The van der Waals surface area contributed by atoms with Crippen molar-refractivity contribution in [3.63, 3.8) is 0 Å². The van der Waals surface area contributed by atoms with Gasteiger partial charge in [-0.1, -0.05) is 53.5 Å². The third-order valence-corrected chi connectivity index (χ3v) is 4.64. The van der Waals surface area contributed by atoms with Gasteiger partial charge >= 0.3 is 0 Å². The van der Waals surface area contributed by atoms with E-state index in [1.165, 1.54) is 0 Å². The highest BCUT2D eigenvalue weighted by Gasteiger charge is 2.12. The second-order valence-corrected chi connectivity index (χ2v) is 6.75. The van der Waals surface area contributed by atoms with Crippen LogP contribution in [0.4, 0.5) is 11.5 Å². The van der Waals surface area contributed by atoms with Crippen LogP contribution in [-0.4, -0.2) is 16.2 Å². The van der Waals surface area contributed by atoms with Gasteiger partial charge in [0.05, 0.1) is 15.6 Å². The molecule has 1 heterocycles. The number of aromatic nitrogens is 2. The Morgan fingerprint density at radius 2 is 1.89 bits per heavy atom. The van der Waals surface area contributed by atoms with Crippen molar-refractivity contribution in [2.24, 2.45) is 4.99 Å². The summed E-state index contributed by atoms with van der Waals surface area (Å²) in [6, 6.07) is 10.7. The van der Waals surface area contributed by atoms with Gasteiger partial charge < -0.3 is 5.32 Å². The standard InChI is InChI=1S/C20H15Cl3N4/c1-3-9-24-17(4-2)20-26-18-10-12(21)5-7-14(18)19(27-20)25-13-6-8-15(22)16(23)11-13/h3-11H,1H2,2H3,(H,25,26,27)/b17-4-,24-9-. The highest BCUT2D eigenvalue weighted by Crippen LogP contribution is 2.30. The van der Waals surface area contributed by atoms with Gasteiger partial charge in [-0.3, -0.25) is 4.99 Å². The van der Waals surface area contributed by atoms with Crippen molar-refractivity contribution in [3.8, 4) is 0 Å². The summed E-state index contributed by atoms with van der Waals surface area (Å²) in [5.41, 5.74) is 2.07. The van der Waals surface area contributed by atoms with Crippen molar-refractivity contribution in [1.82, 2.24) is 9.97 Å². The predicted octanol–water partition coefficient (Wildman–Crippen LogP) is 6.95. The molecule has 3 aromatic rings. The lowest BCUT2D eigenvalue weighted by atomic mass is 10.2. The van der Waals surface area contributed by atoms with Gasteiger partial charge in [0.25, 0.3) is 0 Å².